The van der Waals surface area contributed by atoms with Gasteiger partial charge >= 0.3 is 5.97 Å². The highest BCUT2D eigenvalue weighted by Gasteiger charge is 2.34. The zero-order valence-corrected chi connectivity index (χ0v) is 17.8. The fourth-order valence-electron chi connectivity index (χ4n) is 3.57. The maximum absolute atomic E-state index is 13.0. The van der Waals surface area contributed by atoms with E-state index >= 15 is 0 Å². The summed E-state index contributed by atoms with van der Waals surface area (Å²) in [7, 11) is 4.00. The number of nitrogens with zero attached hydrogens (tertiary/aromatic N) is 4. The van der Waals surface area contributed by atoms with Crippen LogP contribution in [0.25, 0.3) is 0 Å². The second-order valence-electron chi connectivity index (χ2n) is 7.63. The third kappa shape index (κ3) is 4.78. The van der Waals surface area contributed by atoms with Crippen LogP contribution in [0.2, 0.25) is 0 Å². The highest BCUT2D eigenvalue weighted by atomic mass is 16.5. The SMILES string of the molecule is CCCCCCCOC(=O)C1=C(C)Nc2ncnn2[C@@H]1c1ccc(N(C)C)cc1. The lowest BCUT2D eigenvalue weighted by Crippen LogP contribution is -2.29. The normalized spacial score (nSPS) is 15.7. The quantitative estimate of drug-likeness (QED) is 0.506. The summed E-state index contributed by atoms with van der Waals surface area (Å²) in [6.45, 7) is 4.52. The van der Waals surface area contributed by atoms with Crippen LogP contribution in [0, 0.1) is 0 Å². The summed E-state index contributed by atoms with van der Waals surface area (Å²) < 4.78 is 7.38. The largest absolute Gasteiger partial charge is 0.462 e. The van der Waals surface area contributed by atoms with Gasteiger partial charge in [-0.3, -0.25) is 0 Å². The number of benzene rings is 1. The third-order valence-electron chi connectivity index (χ3n) is 5.22. The Hall–Kier alpha value is -2.83. The Kier molecular flexibility index (Phi) is 6.90. The van der Waals surface area contributed by atoms with Crippen LogP contribution in [0.5, 0.6) is 0 Å². The first-order valence-corrected chi connectivity index (χ1v) is 10.3. The fraction of sp³-hybridized carbons (Fsp3) is 0.500. The Labute approximate surface area is 172 Å². The van der Waals surface area contributed by atoms with E-state index in [1.54, 1.807) is 4.68 Å². The number of hydrogen-bond donors (Lipinski definition) is 1. The number of rotatable bonds is 9. The molecule has 0 fully saturated rings. The van der Waals surface area contributed by atoms with E-state index in [1.165, 1.54) is 25.6 Å². The van der Waals surface area contributed by atoms with Crippen LogP contribution in [0.15, 0.2) is 41.9 Å². The highest BCUT2D eigenvalue weighted by Crippen LogP contribution is 2.35. The van der Waals surface area contributed by atoms with Crippen molar-refractivity contribution in [3.8, 4) is 0 Å². The number of carbonyl (C=O) groups excluding carboxylic acids is 1. The van der Waals surface area contributed by atoms with E-state index < -0.39 is 0 Å². The molecule has 0 amide bonds. The molecule has 0 saturated heterocycles. The molecule has 7 nitrogen and oxygen atoms in total. The molecule has 0 aliphatic carbocycles. The number of unbranched alkanes of at least 4 members (excludes halogenated alkanes) is 4. The van der Waals surface area contributed by atoms with Gasteiger partial charge in [0.05, 0.1) is 12.2 Å². The minimum atomic E-state index is -0.363. The summed E-state index contributed by atoms with van der Waals surface area (Å²) in [5, 5.41) is 7.54. The molecule has 0 saturated carbocycles. The Morgan fingerprint density at radius 1 is 1.17 bits per heavy atom. The maximum atomic E-state index is 13.0. The van der Waals surface area contributed by atoms with Crippen molar-refractivity contribution < 1.29 is 9.53 Å². The molecule has 29 heavy (non-hydrogen) atoms. The summed E-state index contributed by atoms with van der Waals surface area (Å²) in [6.07, 6.45) is 7.08. The Bertz CT molecular complexity index is 854. The minimum absolute atomic E-state index is 0.298. The predicted molar refractivity (Wildman–Crippen MR) is 115 cm³/mol. The number of hydrogen-bond acceptors (Lipinski definition) is 6. The molecule has 3 rings (SSSR count). The van der Waals surface area contributed by atoms with E-state index in [-0.39, 0.29) is 12.0 Å². The van der Waals surface area contributed by atoms with Crippen molar-refractivity contribution in [1.82, 2.24) is 14.8 Å². The summed E-state index contributed by atoms with van der Waals surface area (Å²) in [6, 6.07) is 7.78. The predicted octanol–water partition coefficient (Wildman–Crippen LogP) is 4.15. The van der Waals surface area contributed by atoms with Crippen LogP contribution in [0.1, 0.15) is 57.6 Å². The van der Waals surface area contributed by atoms with Crippen molar-refractivity contribution in [3.05, 3.63) is 47.4 Å². The highest BCUT2D eigenvalue weighted by molar-refractivity contribution is 5.92. The first kappa shape index (κ1) is 20.9. The molecule has 1 aromatic carbocycles. The molecule has 1 aliphatic rings. The van der Waals surface area contributed by atoms with Crippen LogP contribution >= 0.6 is 0 Å². The number of nitrogens with one attached hydrogen (secondary N) is 1. The van der Waals surface area contributed by atoms with Crippen molar-refractivity contribution in [1.29, 1.82) is 0 Å². The van der Waals surface area contributed by atoms with Gasteiger partial charge in [0.2, 0.25) is 5.95 Å². The molecule has 1 N–H and O–H groups in total. The molecule has 0 unspecified atom stereocenters. The fourth-order valence-corrected chi connectivity index (χ4v) is 3.57. The Balaban J connectivity index is 1.80. The molecular formula is C22H31N5O2. The maximum Gasteiger partial charge on any atom is 0.338 e. The van der Waals surface area contributed by atoms with Gasteiger partial charge in [0, 0.05) is 25.5 Å². The topological polar surface area (TPSA) is 72.3 Å². The van der Waals surface area contributed by atoms with E-state index in [4.69, 9.17) is 4.74 Å². The average molecular weight is 398 g/mol. The summed E-state index contributed by atoms with van der Waals surface area (Å²) in [5.41, 5.74) is 3.40. The van der Waals surface area contributed by atoms with Gasteiger partial charge < -0.3 is 15.0 Å². The van der Waals surface area contributed by atoms with Crippen LogP contribution in [-0.4, -0.2) is 41.4 Å². The lowest BCUT2D eigenvalue weighted by molar-refractivity contribution is -0.139. The molecular weight excluding hydrogens is 366 g/mol. The van der Waals surface area contributed by atoms with Gasteiger partial charge in [0.15, 0.2) is 0 Å². The van der Waals surface area contributed by atoms with Gasteiger partial charge in [0.1, 0.15) is 12.4 Å². The van der Waals surface area contributed by atoms with Crippen molar-refractivity contribution >= 4 is 17.6 Å². The van der Waals surface area contributed by atoms with E-state index in [0.29, 0.717) is 18.1 Å². The smallest absolute Gasteiger partial charge is 0.338 e. The Morgan fingerprint density at radius 2 is 1.90 bits per heavy atom. The first-order chi connectivity index (χ1) is 14.0. The Morgan fingerprint density at radius 3 is 2.59 bits per heavy atom. The molecule has 7 heteroatoms. The van der Waals surface area contributed by atoms with Crippen LogP contribution in [0.3, 0.4) is 0 Å². The number of allylic oxidation sites excluding steroid dienone is 1. The molecule has 0 spiro atoms. The van der Waals surface area contributed by atoms with Gasteiger partial charge in [0.25, 0.3) is 0 Å². The standard InChI is InChI=1S/C22H31N5O2/c1-5-6-7-8-9-14-29-21(28)19-16(2)25-22-23-15-24-27(22)20(19)17-10-12-18(13-11-17)26(3)4/h10-13,15,20H,5-9,14H2,1-4H3,(H,23,24,25)/t20-/m1/s1. The third-order valence-corrected chi connectivity index (χ3v) is 5.22. The van der Waals surface area contributed by atoms with Gasteiger partial charge in [-0.2, -0.15) is 10.1 Å². The van der Waals surface area contributed by atoms with Crippen molar-refractivity contribution in [2.45, 2.75) is 52.0 Å². The number of anilines is 2. The average Bonchev–Trinajstić information content (AvgIpc) is 3.17. The molecule has 1 atom stereocenters. The molecule has 1 aromatic heterocycles. The van der Waals surface area contributed by atoms with Gasteiger partial charge in [-0.05, 0) is 31.0 Å². The lowest BCUT2D eigenvalue weighted by atomic mass is 9.95. The summed E-state index contributed by atoms with van der Waals surface area (Å²) in [4.78, 5) is 19.3. The zero-order chi connectivity index (χ0) is 20.8. The van der Waals surface area contributed by atoms with Gasteiger partial charge in [-0.1, -0.05) is 44.7 Å². The molecule has 0 bridgehead atoms. The first-order valence-electron chi connectivity index (χ1n) is 10.3. The summed E-state index contributed by atoms with van der Waals surface area (Å²) >= 11 is 0. The summed E-state index contributed by atoms with van der Waals surface area (Å²) in [5.74, 6) is 0.327. The van der Waals surface area contributed by atoms with Crippen molar-refractivity contribution in [2.75, 3.05) is 30.9 Å². The van der Waals surface area contributed by atoms with Crippen LogP contribution < -0.4 is 10.2 Å². The number of carbonyl (C=O) groups is 1. The number of fused-ring (bicyclic) bond motifs is 1. The lowest BCUT2D eigenvalue weighted by Gasteiger charge is -2.28. The second kappa shape index (κ2) is 9.58. The van der Waals surface area contributed by atoms with Crippen molar-refractivity contribution in [3.63, 3.8) is 0 Å². The van der Waals surface area contributed by atoms with E-state index in [9.17, 15) is 4.79 Å². The van der Waals surface area contributed by atoms with E-state index in [2.05, 4.69) is 22.3 Å². The molecule has 2 aromatic rings. The van der Waals surface area contributed by atoms with Crippen molar-refractivity contribution in [2.24, 2.45) is 0 Å². The van der Waals surface area contributed by atoms with Crippen LogP contribution in [-0.2, 0) is 9.53 Å². The number of aromatic nitrogens is 3. The van der Waals surface area contributed by atoms with Crippen LogP contribution in [0.4, 0.5) is 11.6 Å². The molecule has 0 radical (unpaired) electrons. The molecule has 156 valence electrons. The minimum Gasteiger partial charge on any atom is -0.462 e. The number of ether oxygens (including phenoxy) is 1. The van der Waals surface area contributed by atoms with Gasteiger partial charge in [-0.15, -0.1) is 0 Å². The molecule has 1 aliphatic heterocycles. The molecule has 2 heterocycles. The van der Waals surface area contributed by atoms with E-state index in [0.717, 1.165) is 29.8 Å². The zero-order valence-electron chi connectivity index (χ0n) is 17.8. The number of esters is 1. The monoisotopic (exact) mass is 397 g/mol. The van der Waals surface area contributed by atoms with Gasteiger partial charge in [-0.25, -0.2) is 9.48 Å². The second-order valence-corrected chi connectivity index (χ2v) is 7.63. The van der Waals surface area contributed by atoms with E-state index in [1.807, 2.05) is 50.2 Å².